The number of carboxylic acid groups (broad SMARTS) is 1. The zero-order chi connectivity index (χ0) is 25.8. The van der Waals surface area contributed by atoms with Crippen LogP contribution in [-0.4, -0.2) is 44.6 Å². The van der Waals surface area contributed by atoms with E-state index in [-0.39, 0.29) is 28.3 Å². The summed E-state index contributed by atoms with van der Waals surface area (Å²) < 4.78 is 77.2. The Bertz CT molecular complexity index is 1320. The smallest absolute Gasteiger partial charge is 0.416 e. The first kappa shape index (κ1) is 26.0. The first-order chi connectivity index (χ1) is 16.4. The molecule has 3 aromatic rings. The summed E-state index contributed by atoms with van der Waals surface area (Å²) in [6.45, 7) is -0.805. The van der Waals surface area contributed by atoms with Crippen LogP contribution in [0.15, 0.2) is 71.6 Å². The van der Waals surface area contributed by atoms with E-state index in [1.54, 1.807) is 12.1 Å². The van der Waals surface area contributed by atoms with Crippen molar-refractivity contribution in [3.63, 3.8) is 0 Å². The molecule has 0 saturated heterocycles. The van der Waals surface area contributed by atoms with E-state index in [1.165, 1.54) is 56.6 Å². The van der Waals surface area contributed by atoms with Crippen LogP contribution in [-0.2, 0) is 27.5 Å². The van der Waals surface area contributed by atoms with Gasteiger partial charge in [-0.05, 0) is 47.5 Å². The summed E-state index contributed by atoms with van der Waals surface area (Å²) in [6, 6.07) is 14.8. The molecule has 0 aliphatic carbocycles. The fourth-order valence-electron chi connectivity index (χ4n) is 3.31. The number of halogens is 3. The van der Waals surface area contributed by atoms with Gasteiger partial charge in [0.15, 0.2) is 6.61 Å². The zero-order valence-corrected chi connectivity index (χ0v) is 19.6. The molecule has 0 radical (unpaired) electrons. The fraction of sp³-hybridized carbons (Fsp3) is 0.208. The highest BCUT2D eigenvalue weighted by atomic mass is 32.2. The van der Waals surface area contributed by atoms with Gasteiger partial charge in [0.05, 0.1) is 17.6 Å². The number of carbonyl (C=O) groups is 1. The summed E-state index contributed by atoms with van der Waals surface area (Å²) >= 11 is 0. The van der Waals surface area contributed by atoms with Gasteiger partial charge >= 0.3 is 12.1 Å². The maximum Gasteiger partial charge on any atom is 0.416 e. The molecule has 0 unspecified atom stereocenters. The molecule has 0 bridgehead atoms. The molecule has 0 amide bonds. The van der Waals surface area contributed by atoms with Gasteiger partial charge in [-0.15, -0.1) is 0 Å². The number of hydrogen-bond acceptors (Lipinski definition) is 5. The molecule has 0 aliphatic rings. The van der Waals surface area contributed by atoms with Crippen LogP contribution in [0.4, 0.5) is 13.2 Å². The Labute approximate surface area is 200 Å². The summed E-state index contributed by atoms with van der Waals surface area (Å²) in [5.74, 6) is -0.840. The lowest BCUT2D eigenvalue weighted by atomic mass is 9.99. The number of nitrogens with zero attached hydrogens (tertiary/aromatic N) is 1. The minimum absolute atomic E-state index is 0.0128. The van der Waals surface area contributed by atoms with E-state index in [9.17, 15) is 26.4 Å². The number of methoxy groups -OCH3 is 1. The number of carboxylic acids is 1. The molecule has 3 aromatic carbocycles. The summed E-state index contributed by atoms with van der Waals surface area (Å²) in [6.07, 6.45) is -4.58. The standard InChI is InChI=1S/C24H22F3NO6S/c1-28(35(31,32)20-8-4-7-19(13-20)33-2)14-16-9-10-22(34-15-23(29)30)21(11-16)17-5-3-6-18(12-17)24(25,26)27/h3-13H,14-15H2,1-2H3,(H,29,30). The van der Waals surface area contributed by atoms with Crippen LogP contribution in [0, 0.1) is 0 Å². The number of aliphatic carboxylic acids is 1. The van der Waals surface area contributed by atoms with E-state index in [0.29, 0.717) is 11.3 Å². The summed E-state index contributed by atoms with van der Waals surface area (Å²) in [7, 11) is -1.13. The number of rotatable bonds is 9. The molecule has 0 fully saturated rings. The Morgan fingerprint density at radius 3 is 2.40 bits per heavy atom. The number of sulfonamides is 1. The molecule has 7 nitrogen and oxygen atoms in total. The topological polar surface area (TPSA) is 93.1 Å². The quantitative estimate of drug-likeness (QED) is 0.451. The van der Waals surface area contributed by atoms with Gasteiger partial charge in [0.1, 0.15) is 11.5 Å². The largest absolute Gasteiger partial charge is 0.497 e. The second kappa shape index (κ2) is 10.4. The predicted octanol–water partition coefficient (Wildman–Crippen LogP) is 4.67. The second-order valence-electron chi connectivity index (χ2n) is 7.53. The van der Waals surface area contributed by atoms with Crippen molar-refractivity contribution in [1.82, 2.24) is 4.31 Å². The lowest BCUT2D eigenvalue weighted by Crippen LogP contribution is -2.26. The monoisotopic (exact) mass is 509 g/mol. The lowest BCUT2D eigenvalue weighted by molar-refractivity contribution is -0.139. The Morgan fingerprint density at radius 2 is 1.74 bits per heavy atom. The van der Waals surface area contributed by atoms with Crippen LogP contribution < -0.4 is 9.47 Å². The first-order valence-electron chi connectivity index (χ1n) is 10.2. The normalized spacial score (nSPS) is 11.9. The molecule has 0 saturated carbocycles. The van der Waals surface area contributed by atoms with Gasteiger partial charge in [-0.1, -0.05) is 24.3 Å². The molecule has 35 heavy (non-hydrogen) atoms. The lowest BCUT2D eigenvalue weighted by Gasteiger charge is -2.19. The number of ether oxygens (including phenoxy) is 2. The maximum atomic E-state index is 13.2. The van der Waals surface area contributed by atoms with E-state index >= 15 is 0 Å². The highest BCUT2D eigenvalue weighted by Crippen LogP contribution is 2.36. The molecule has 186 valence electrons. The van der Waals surface area contributed by atoms with Gasteiger partial charge in [-0.25, -0.2) is 13.2 Å². The van der Waals surface area contributed by atoms with Crippen LogP contribution in [0.3, 0.4) is 0 Å². The van der Waals surface area contributed by atoms with Crippen molar-refractivity contribution in [2.45, 2.75) is 17.6 Å². The fourth-order valence-corrected chi connectivity index (χ4v) is 4.51. The van der Waals surface area contributed by atoms with Crippen molar-refractivity contribution in [1.29, 1.82) is 0 Å². The van der Waals surface area contributed by atoms with E-state index in [4.69, 9.17) is 14.6 Å². The Hall–Kier alpha value is -3.57. The number of hydrogen-bond donors (Lipinski definition) is 1. The van der Waals surface area contributed by atoms with E-state index in [1.807, 2.05) is 0 Å². The average molecular weight is 510 g/mol. The molecule has 0 aliphatic heterocycles. The van der Waals surface area contributed by atoms with E-state index in [2.05, 4.69) is 0 Å². The number of benzene rings is 3. The minimum atomic E-state index is -4.58. The summed E-state index contributed by atoms with van der Waals surface area (Å²) in [4.78, 5) is 11.0. The highest BCUT2D eigenvalue weighted by molar-refractivity contribution is 7.89. The van der Waals surface area contributed by atoms with E-state index < -0.39 is 34.3 Å². The van der Waals surface area contributed by atoms with Crippen LogP contribution in [0.1, 0.15) is 11.1 Å². The molecule has 0 aromatic heterocycles. The average Bonchev–Trinajstić information content (AvgIpc) is 2.82. The third kappa shape index (κ3) is 6.31. The van der Waals surface area contributed by atoms with Gasteiger partial charge in [-0.2, -0.15) is 17.5 Å². The van der Waals surface area contributed by atoms with Crippen LogP contribution in [0.25, 0.3) is 11.1 Å². The Kier molecular flexibility index (Phi) is 7.71. The third-order valence-electron chi connectivity index (χ3n) is 5.05. The van der Waals surface area contributed by atoms with Gasteiger partial charge in [0.25, 0.3) is 0 Å². The molecule has 0 spiro atoms. The van der Waals surface area contributed by atoms with Crippen molar-refractivity contribution in [2.75, 3.05) is 20.8 Å². The summed E-state index contributed by atoms with van der Waals surface area (Å²) in [5, 5.41) is 8.94. The van der Waals surface area contributed by atoms with Crippen LogP contribution >= 0.6 is 0 Å². The van der Waals surface area contributed by atoms with Gasteiger partial charge in [-0.3, -0.25) is 0 Å². The molecule has 11 heteroatoms. The molecule has 0 atom stereocenters. The van der Waals surface area contributed by atoms with Crippen molar-refractivity contribution in [2.24, 2.45) is 0 Å². The van der Waals surface area contributed by atoms with Crippen LogP contribution in [0.5, 0.6) is 11.5 Å². The zero-order valence-electron chi connectivity index (χ0n) is 18.7. The van der Waals surface area contributed by atoms with Crippen molar-refractivity contribution in [3.8, 4) is 22.6 Å². The molecule has 1 N–H and O–H groups in total. The molecule has 3 rings (SSSR count). The van der Waals surface area contributed by atoms with Gasteiger partial charge in [0, 0.05) is 25.2 Å². The highest BCUT2D eigenvalue weighted by Gasteiger charge is 2.30. The SMILES string of the molecule is COc1cccc(S(=O)(=O)N(C)Cc2ccc(OCC(=O)O)c(-c3cccc(C(F)(F)F)c3)c2)c1. The Morgan fingerprint density at radius 1 is 1.03 bits per heavy atom. The third-order valence-corrected chi connectivity index (χ3v) is 6.85. The molecule has 0 heterocycles. The molecular formula is C24H22F3NO6S. The minimum Gasteiger partial charge on any atom is -0.497 e. The van der Waals surface area contributed by atoms with Gasteiger partial charge in [0.2, 0.25) is 10.0 Å². The van der Waals surface area contributed by atoms with Crippen molar-refractivity contribution in [3.05, 3.63) is 77.9 Å². The molecular weight excluding hydrogens is 487 g/mol. The van der Waals surface area contributed by atoms with Gasteiger partial charge < -0.3 is 14.6 Å². The van der Waals surface area contributed by atoms with E-state index in [0.717, 1.165) is 16.4 Å². The predicted molar refractivity (Wildman–Crippen MR) is 122 cm³/mol. The van der Waals surface area contributed by atoms with Crippen LogP contribution in [0.2, 0.25) is 0 Å². The summed E-state index contributed by atoms with van der Waals surface area (Å²) in [5.41, 5.74) is -0.0984. The Balaban J connectivity index is 1.99. The number of alkyl halides is 3. The maximum absolute atomic E-state index is 13.2. The van der Waals surface area contributed by atoms with Crippen molar-refractivity contribution < 1.29 is 41.0 Å². The first-order valence-corrected chi connectivity index (χ1v) is 11.6. The second-order valence-corrected chi connectivity index (χ2v) is 9.58. The van der Waals surface area contributed by atoms with Crippen molar-refractivity contribution >= 4 is 16.0 Å².